The first-order valence-electron chi connectivity index (χ1n) is 3.63. The molecule has 0 spiro atoms. The molecule has 2 amide bonds. The van der Waals surface area contributed by atoms with Crippen LogP contribution in [0.1, 0.15) is 5.56 Å². The number of rotatable bonds is 0. The largest absolute Gasteiger partial charge is 0.506 e. The van der Waals surface area contributed by atoms with E-state index in [9.17, 15) is 9.90 Å². The first-order chi connectivity index (χ1) is 5.77. The third-order valence-electron chi connectivity index (χ3n) is 1.81. The Kier molecular flexibility index (Phi) is 1.40. The van der Waals surface area contributed by atoms with Gasteiger partial charge in [-0.1, -0.05) is 12.1 Å². The van der Waals surface area contributed by atoms with E-state index in [-0.39, 0.29) is 11.8 Å². The number of phenols is 1. The molecule has 3 N–H and O–H groups in total. The fraction of sp³-hybridized carbons (Fsp3) is 0.125. The first-order valence-corrected chi connectivity index (χ1v) is 3.63. The number of carbonyl (C=O) groups excluding carboxylic acids is 1. The number of para-hydroxylation sites is 1. The molecule has 0 bridgehead atoms. The Morgan fingerprint density at radius 1 is 1.42 bits per heavy atom. The van der Waals surface area contributed by atoms with Gasteiger partial charge in [-0.3, -0.25) is 0 Å². The number of phenolic OH excluding ortho intramolecular Hbond substituents is 1. The summed E-state index contributed by atoms with van der Waals surface area (Å²) < 4.78 is 0. The number of aromatic hydroxyl groups is 1. The normalized spacial score (nSPS) is 14.5. The average molecular weight is 164 g/mol. The summed E-state index contributed by atoms with van der Waals surface area (Å²) in [6, 6.07) is 4.86. The summed E-state index contributed by atoms with van der Waals surface area (Å²) in [6.07, 6.45) is 0. The van der Waals surface area contributed by atoms with Crippen LogP contribution in [0, 0.1) is 0 Å². The number of anilines is 1. The quantitative estimate of drug-likeness (QED) is 0.501. The van der Waals surface area contributed by atoms with Gasteiger partial charge in [0, 0.05) is 6.54 Å². The second kappa shape index (κ2) is 2.41. The summed E-state index contributed by atoms with van der Waals surface area (Å²) in [5.41, 5.74) is 1.41. The van der Waals surface area contributed by atoms with E-state index in [2.05, 4.69) is 10.6 Å². The molecular formula is C8H8N2O2. The average Bonchev–Trinajstić information content (AvgIpc) is 2.07. The Hall–Kier alpha value is -1.71. The van der Waals surface area contributed by atoms with E-state index in [0.717, 1.165) is 5.56 Å². The maximum Gasteiger partial charge on any atom is 0.319 e. The van der Waals surface area contributed by atoms with Crippen molar-refractivity contribution >= 4 is 11.7 Å². The minimum atomic E-state index is -0.274. The van der Waals surface area contributed by atoms with Crippen LogP contribution in [0.2, 0.25) is 0 Å². The minimum Gasteiger partial charge on any atom is -0.506 e. The van der Waals surface area contributed by atoms with Crippen molar-refractivity contribution in [1.82, 2.24) is 5.32 Å². The second-order valence-corrected chi connectivity index (χ2v) is 2.62. The molecule has 0 saturated heterocycles. The van der Waals surface area contributed by atoms with E-state index in [4.69, 9.17) is 0 Å². The monoisotopic (exact) mass is 164 g/mol. The highest BCUT2D eigenvalue weighted by molar-refractivity contribution is 5.93. The number of fused-ring (bicyclic) bond motifs is 1. The van der Waals surface area contributed by atoms with Gasteiger partial charge in [0.05, 0.1) is 5.69 Å². The maximum absolute atomic E-state index is 10.8. The van der Waals surface area contributed by atoms with Crippen molar-refractivity contribution in [3.05, 3.63) is 23.8 Å². The number of carbonyl (C=O) groups is 1. The fourth-order valence-electron chi connectivity index (χ4n) is 1.21. The number of hydrogen-bond donors (Lipinski definition) is 3. The van der Waals surface area contributed by atoms with Crippen molar-refractivity contribution in [2.24, 2.45) is 0 Å². The molecule has 4 heteroatoms. The Morgan fingerprint density at radius 3 is 3.08 bits per heavy atom. The summed E-state index contributed by atoms with van der Waals surface area (Å²) in [5.74, 6) is 0.113. The predicted octanol–water partition coefficient (Wildman–Crippen LogP) is 1.03. The Labute approximate surface area is 69.2 Å². The van der Waals surface area contributed by atoms with E-state index < -0.39 is 0 Å². The molecular weight excluding hydrogens is 156 g/mol. The lowest BCUT2D eigenvalue weighted by molar-refractivity contribution is 0.250. The lowest BCUT2D eigenvalue weighted by Crippen LogP contribution is -2.33. The van der Waals surface area contributed by atoms with Crippen molar-refractivity contribution in [1.29, 1.82) is 0 Å². The Bertz CT molecular complexity index is 336. The second-order valence-electron chi connectivity index (χ2n) is 2.62. The van der Waals surface area contributed by atoms with Crippen LogP contribution in [-0.2, 0) is 6.54 Å². The SMILES string of the molecule is O=C1NCc2cccc(O)c2N1. The molecule has 4 nitrogen and oxygen atoms in total. The van der Waals surface area contributed by atoms with E-state index in [0.29, 0.717) is 12.2 Å². The maximum atomic E-state index is 10.8. The van der Waals surface area contributed by atoms with Crippen molar-refractivity contribution in [2.45, 2.75) is 6.54 Å². The van der Waals surface area contributed by atoms with Gasteiger partial charge in [0.2, 0.25) is 0 Å². The van der Waals surface area contributed by atoms with E-state index in [1.165, 1.54) is 0 Å². The Morgan fingerprint density at radius 2 is 2.25 bits per heavy atom. The van der Waals surface area contributed by atoms with Gasteiger partial charge in [-0.05, 0) is 11.6 Å². The molecule has 1 aromatic rings. The minimum absolute atomic E-state index is 0.113. The van der Waals surface area contributed by atoms with Crippen LogP contribution >= 0.6 is 0 Å². The summed E-state index contributed by atoms with van der Waals surface area (Å²) in [4.78, 5) is 10.8. The molecule has 62 valence electrons. The zero-order valence-electron chi connectivity index (χ0n) is 6.29. The molecule has 0 radical (unpaired) electrons. The molecule has 0 aliphatic carbocycles. The molecule has 2 rings (SSSR count). The zero-order valence-corrected chi connectivity index (χ0v) is 6.29. The molecule has 0 atom stereocenters. The lowest BCUT2D eigenvalue weighted by Gasteiger charge is -2.18. The third-order valence-corrected chi connectivity index (χ3v) is 1.81. The molecule has 12 heavy (non-hydrogen) atoms. The Balaban J connectivity index is 2.50. The van der Waals surface area contributed by atoms with Gasteiger partial charge in [0.25, 0.3) is 0 Å². The molecule has 1 aliphatic rings. The van der Waals surface area contributed by atoms with Gasteiger partial charge in [0.15, 0.2) is 0 Å². The van der Waals surface area contributed by atoms with Gasteiger partial charge < -0.3 is 15.7 Å². The number of nitrogens with one attached hydrogen (secondary N) is 2. The highest BCUT2D eigenvalue weighted by Gasteiger charge is 2.15. The molecule has 1 heterocycles. The summed E-state index contributed by atoms with van der Waals surface area (Å²) >= 11 is 0. The standard InChI is InChI=1S/C8H8N2O2/c11-6-3-1-2-5-4-9-8(12)10-7(5)6/h1-3,11H,4H2,(H2,9,10,12). The van der Waals surface area contributed by atoms with Crippen LogP contribution in [0.5, 0.6) is 5.75 Å². The predicted molar refractivity (Wildman–Crippen MR) is 44.0 cm³/mol. The smallest absolute Gasteiger partial charge is 0.319 e. The van der Waals surface area contributed by atoms with Crippen LogP contribution in [-0.4, -0.2) is 11.1 Å². The molecule has 0 fully saturated rings. The molecule has 0 aromatic heterocycles. The molecule has 1 aromatic carbocycles. The van der Waals surface area contributed by atoms with E-state index in [1.807, 2.05) is 6.07 Å². The van der Waals surface area contributed by atoms with Crippen molar-refractivity contribution in [3.8, 4) is 5.75 Å². The summed E-state index contributed by atoms with van der Waals surface area (Å²) in [6.45, 7) is 0.468. The van der Waals surface area contributed by atoms with Crippen molar-refractivity contribution in [3.63, 3.8) is 0 Å². The van der Waals surface area contributed by atoms with Crippen molar-refractivity contribution < 1.29 is 9.90 Å². The molecule has 0 unspecified atom stereocenters. The number of amides is 2. The topological polar surface area (TPSA) is 61.4 Å². The van der Waals surface area contributed by atoms with Crippen LogP contribution in [0.15, 0.2) is 18.2 Å². The fourth-order valence-corrected chi connectivity index (χ4v) is 1.21. The number of hydrogen-bond acceptors (Lipinski definition) is 2. The highest BCUT2D eigenvalue weighted by atomic mass is 16.3. The molecule has 1 aliphatic heterocycles. The molecule has 0 saturated carbocycles. The summed E-state index contributed by atoms with van der Waals surface area (Å²) in [5, 5.41) is 14.5. The van der Waals surface area contributed by atoms with Crippen LogP contribution < -0.4 is 10.6 Å². The van der Waals surface area contributed by atoms with Gasteiger partial charge in [-0.25, -0.2) is 4.79 Å². The van der Waals surface area contributed by atoms with Crippen molar-refractivity contribution in [2.75, 3.05) is 5.32 Å². The van der Waals surface area contributed by atoms with Crippen LogP contribution in [0.25, 0.3) is 0 Å². The van der Waals surface area contributed by atoms with E-state index >= 15 is 0 Å². The lowest BCUT2D eigenvalue weighted by atomic mass is 10.1. The van der Waals surface area contributed by atoms with Crippen LogP contribution in [0.4, 0.5) is 10.5 Å². The summed E-state index contributed by atoms with van der Waals surface area (Å²) in [7, 11) is 0. The zero-order chi connectivity index (χ0) is 8.55. The highest BCUT2D eigenvalue weighted by Crippen LogP contribution is 2.28. The van der Waals surface area contributed by atoms with Gasteiger partial charge in [-0.15, -0.1) is 0 Å². The first kappa shape index (κ1) is 6.97. The van der Waals surface area contributed by atoms with Gasteiger partial charge in [-0.2, -0.15) is 0 Å². The van der Waals surface area contributed by atoms with Crippen LogP contribution in [0.3, 0.4) is 0 Å². The van der Waals surface area contributed by atoms with Gasteiger partial charge in [0.1, 0.15) is 5.75 Å². The third kappa shape index (κ3) is 0.972. The number of urea groups is 1. The van der Waals surface area contributed by atoms with Gasteiger partial charge >= 0.3 is 6.03 Å². The van der Waals surface area contributed by atoms with E-state index in [1.54, 1.807) is 12.1 Å². The number of benzene rings is 1.